The molecule has 2 atom stereocenters. The number of carbonyl (C=O) groups is 2. The lowest BCUT2D eigenvalue weighted by atomic mass is 9.92. The molecular weight excluding hydrogens is 578 g/mol. The minimum absolute atomic E-state index is 0.0143. The van der Waals surface area contributed by atoms with Gasteiger partial charge in [0.25, 0.3) is 5.91 Å². The number of nitrogens with two attached hydrogens (primary N) is 1. The topological polar surface area (TPSA) is 112 Å². The normalized spacial score (nSPS) is 15.9. The second-order valence-electron chi connectivity index (χ2n) is 12.3. The highest BCUT2D eigenvalue weighted by molar-refractivity contribution is 6.03. The van der Waals surface area contributed by atoms with Gasteiger partial charge in [0, 0.05) is 35.9 Å². The summed E-state index contributed by atoms with van der Waals surface area (Å²) < 4.78 is 6.06. The van der Waals surface area contributed by atoms with Crippen LogP contribution in [-0.4, -0.2) is 58.1 Å². The van der Waals surface area contributed by atoms with E-state index in [1.165, 1.54) is 12.8 Å². The third-order valence-electron chi connectivity index (χ3n) is 8.96. The number of amides is 2. The lowest BCUT2D eigenvalue weighted by Crippen LogP contribution is -2.49. The zero-order valence-corrected chi connectivity index (χ0v) is 27.1. The van der Waals surface area contributed by atoms with Crippen molar-refractivity contribution >= 4 is 34.8 Å². The van der Waals surface area contributed by atoms with Gasteiger partial charge < -0.3 is 25.4 Å². The molecule has 1 aliphatic carbocycles. The van der Waals surface area contributed by atoms with Crippen LogP contribution in [0.15, 0.2) is 83.9 Å². The monoisotopic (exact) mass is 625 g/mol. The number of aliphatic imine (C=N–C) groups is 1. The van der Waals surface area contributed by atoms with Crippen LogP contribution in [0.4, 0.5) is 17.1 Å². The van der Waals surface area contributed by atoms with Crippen LogP contribution in [-0.2, 0) is 16.1 Å². The Morgan fingerprint density at radius 1 is 1.00 bits per heavy atom. The molecule has 0 spiro atoms. The van der Waals surface area contributed by atoms with Crippen molar-refractivity contribution in [2.45, 2.75) is 84.0 Å². The molecule has 46 heavy (non-hydrogen) atoms. The third kappa shape index (κ3) is 8.07. The molecule has 0 bridgehead atoms. The minimum Gasteiger partial charge on any atom is -0.494 e. The maximum absolute atomic E-state index is 13.7. The number of aliphatic hydroxyl groups excluding tert-OH is 1. The fraction of sp³-hybridized carbons (Fsp3) is 0.432. The molecule has 1 saturated carbocycles. The molecule has 0 aromatic heterocycles. The van der Waals surface area contributed by atoms with E-state index in [-0.39, 0.29) is 30.4 Å². The van der Waals surface area contributed by atoms with Crippen molar-refractivity contribution in [2.24, 2.45) is 16.6 Å². The molecule has 244 valence electrons. The molecule has 2 amide bonds. The number of ether oxygens (including phenoxy) is 1. The van der Waals surface area contributed by atoms with E-state index in [1.54, 1.807) is 21.6 Å². The van der Waals surface area contributed by atoms with Crippen molar-refractivity contribution < 1.29 is 19.4 Å². The lowest BCUT2D eigenvalue weighted by Gasteiger charge is -2.38. The lowest BCUT2D eigenvalue weighted by molar-refractivity contribution is -0.147. The maximum Gasteiger partial charge on any atom is 0.251 e. The summed E-state index contributed by atoms with van der Waals surface area (Å²) in [5.41, 5.74) is 9.53. The van der Waals surface area contributed by atoms with Crippen molar-refractivity contribution in [1.82, 2.24) is 9.80 Å². The number of anilines is 2. The Hall–Kier alpha value is -4.37. The van der Waals surface area contributed by atoms with Crippen molar-refractivity contribution in [1.29, 1.82) is 0 Å². The number of aliphatic hydroxyl groups is 1. The van der Waals surface area contributed by atoms with Crippen molar-refractivity contribution in [3.8, 4) is 5.75 Å². The van der Waals surface area contributed by atoms with Crippen LogP contribution in [0.3, 0.4) is 0 Å². The van der Waals surface area contributed by atoms with Crippen LogP contribution < -0.4 is 15.4 Å². The van der Waals surface area contributed by atoms with E-state index in [2.05, 4.69) is 11.9 Å². The minimum atomic E-state index is -0.804. The molecule has 3 aromatic rings. The molecule has 2 aliphatic rings. The molecule has 3 aromatic carbocycles. The van der Waals surface area contributed by atoms with Gasteiger partial charge in [0.2, 0.25) is 5.91 Å². The Bertz CT molecular complexity index is 1430. The molecule has 1 heterocycles. The highest BCUT2D eigenvalue weighted by Gasteiger charge is 2.34. The molecule has 1 aliphatic heterocycles. The summed E-state index contributed by atoms with van der Waals surface area (Å²) in [4.78, 5) is 36.8. The molecule has 0 radical (unpaired) electrons. The zero-order chi connectivity index (χ0) is 32.5. The highest BCUT2D eigenvalue weighted by atomic mass is 16.5. The molecule has 9 heteroatoms. The van der Waals surface area contributed by atoms with Gasteiger partial charge in [0.15, 0.2) is 5.96 Å². The molecule has 9 nitrogen and oxygen atoms in total. The highest BCUT2D eigenvalue weighted by Crippen LogP contribution is 2.34. The Labute approximate surface area is 272 Å². The molecule has 2 unspecified atom stereocenters. The number of rotatable bonds is 14. The van der Waals surface area contributed by atoms with Gasteiger partial charge in [-0.2, -0.15) is 0 Å². The number of guanidine groups is 1. The average molecular weight is 626 g/mol. The van der Waals surface area contributed by atoms with Crippen LogP contribution >= 0.6 is 0 Å². The van der Waals surface area contributed by atoms with Crippen LogP contribution in [0.25, 0.3) is 0 Å². The van der Waals surface area contributed by atoms with Gasteiger partial charge >= 0.3 is 0 Å². The first-order valence-electron chi connectivity index (χ1n) is 16.6. The Kier molecular flexibility index (Phi) is 11.3. The summed E-state index contributed by atoms with van der Waals surface area (Å²) in [6.07, 6.45) is 6.62. The van der Waals surface area contributed by atoms with Crippen molar-refractivity contribution in [2.75, 3.05) is 18.1 Å². The van der Waals surface area contributed by atoms with E-state index in [0.717, 1.165) is 48.3 Å². The van der Waals surface area contributed by atoms with Gasteiger partial charge in [-0.1, -0.05) is 62.6 Å². The number of benzene rings is 3. The first-order valence-corrected chi connectivity index (χ1v) is 16.6. The van der Waals surface area contributed by atoms with E-state index in [0.29, 0.717) is 37.7 Å². The second-order valence-corrected chi connectivity index (χ2v) is 12.3. The van der Waals surface area contributed by atoms with E-state index in [4.69, 9.17) is 10.5 Å². The smallest absolute Gasteiger partial charge is 0.251 e. The molecule has 1 fully saturated rings. The third-order valence-corrected chi connectivity index (χ3v) is 8.96. The number of para-hydroxylation sites is 2. The van der Waals surface area contributed by atoms with Gasteiger partial charge in [0.1, 0.15) is 18.5 Å². The van der Waals surface area contributed by atoms with Crippen molar-refractivity contribution in [3.63, 3.8) is 0 Å². The Morgan fingerprint density at radius 2 is 1.65 bits per heavy atom. The summed E-state index contributed by atoms with van der Waals surface area (Å²) in [6, 6.07) is 24.9. The predicted molar refractivity (Wildman–Crippen MR) is 182 cm³/mol. The Balaban J connectivity index is 1.19. The zero-order valence-electron chi connectivity index (χ0n) is 27.1. The summed E-state index contributed by atoms with van der Waals surface area (Å²) in [6.45, 7) is 4.67. The van der Waals surface area contributed by atoms with E-state index >= 15 is 0 Å². The summed E-state index contributed by atoms with van der Waals surface area (Å²) >= 11 is 0. The van der Waals surface area contributed by atoms with Gasteiger partial charge in [-0.15, -0.1) is 0 Å². The van der Waals surface area contributed by atoms with Crippen LogP contribution in [0, 0.1) is 5.92 Å². The molecule has 0 saturated heterocycles. The van der Waals surface area contributed by atoms with Crippen molar-refractivity contribution in [3.05, 3.63) is 84.4 Å². The first kappa shape index (κ1) is 33.0. The fourth-order valence-corrected chi connectivity index (χ4v) is 6.78. The van der Waals surface area contributed by atoms with Gasteiger partial charge in [-0.05, 0) is 81.0 Å². The van der Waals surface area contributed by atoms with E-state index < -0.39 is 6.23 Å². The maximum atomic E-state index is 13.7. The number of nitrogens with zero attached hydrogens (tertiary/aromatic N) is 4. The first-order chi connectivity index (χ1) is 22.4. The summed E-state index contributed by atoms with van der Waals surface area (Å²) in [7, 11) is 0. The largest absolute Gasteiger partial charge is 0.494 e. The number of hydrogen-bond donors (Lipinski definition) is 2. The van der Waals surface area contributed by atoms with Crippen LogP contribution in [0.1, 0.15) is 70.8 Å². The van der Waals surface area contributed by atoms with Gasteiger partial charge in [-0.3, -0.25) is 14.5 Å². The molecular formula is C37H47N5O4. The second kappa shape index (κ2) is 15.8. The van der Waals surface area contributed by atoms with Crippen LogP contribution in [0.5, 0.6) is 5.75 Å². The Morgan fingerprint density at radius 3 is 2.26 bits per heavy atom. The van der Waals surface area contributed by atoms with Gasteiger partial charge in [0.05, 0.1) is 12.3 Å². The summed E-state index contributed by atoms with van der Waals surface area (Å²) in [5, 5.41) is 10.6. The fourth-order valence-electron chi connectivity index (χ4n) is 6.78. The van der Waals surface area contributed by atoms with E-state index in [1.807, 2.05) is 78.9 Å². The number of fused-ring (bicyclic) bond motifs is 1. The quantitative estimate of drug-likeness (QED) is 0.156. The van der Waals surface area contributed by atoms with E-state index in [9.17, 15) is 14.7 Å². The van der Waals surface area contributed by atoms with Gasteiger partial charge in [-0.25, -0.2) is 4.99 Å². The predicted octanol–water partition coefficient (Wildman–Crippen LogP) is 6.50. The summed E-state index contributed by atoms with van der Waals surface area (Å²) in [5.74, 6) is 1.29. The van der Waals surface area contributed by atoms with Crippen LogP contribution in [0.2, 0.25) is 0 Å². The molecule has 3 N–H and O–H groups in total. The number of carbonyl (C=O) groups excluding carboxylic acids is 2. The standard InChI is InChI=1S/C37H47N5O4/c1-3-13-34(28-14-10-11-15-28)41(27(2)43)35(44)20-12-23-46-32-21-22-33-29(24-32)25-40(37(38)39-33)26-36(45)42(30-16-6-4-7-17-30)31-18-8-5-9-19-31/h4-9,16-19,21-22,24,27-28,34,43H,3,10-15,20,23,25-26H2,1-2H3,(H2,38,39). The number of hydrogen-bond acceptors (Lipinski definition) is 7. The SMILES string of the molecule is CCCC(C1CCCC1)N(C(=O)CCCOc1ccc2c(c1)CN(CC(=O)N(c1ccccc1)c1ccccc1)C(N)=N2)C(C)O. The molecule has 5 rings (SSSR count). The average Bonchev–Trinajstić information content (AvgIpc) is 3.59.